The van der Waals surface area contributed by atoms with Crippen molar-refractivity contribution in [2.75, 3.05) is 20.8 Å². The van der Waals surface area contributed by atoms with Crippen LogP contribution in [0.3, 0.4) is 0 Å². The maximum Gasteiger partial charge on any atom is 0.244 e. The van der Waals surface area contributed by atoms with Gasteiger partial charge < -0.3 is 19.2 Å². The summed E-state index contributed by atoms with van der Waals surface area (Å²) >= 11 is 0. The quantitative estimate of drug-likeness (QED) is 0.478. The molecule has 1 aromatic heterocycles. The molecule has 1 heterocycles. The topological polar surface area (TPSA) is 121 Å². The molecule has 168 valence electrons. The predicted molar refractivity (Wildman–Crippen MR) is 121 cm³/mol. The minimum absolute atomic E-state index is 0.0252. The highest BCUT2D eigenvalue weighted by molar-refractivity contribution is 7.89. The van der Waals surface area contributed by atoms with Crippen LogP contribution in [-0.4, -0.2) is 35.1 Å². The first-order valence-corrected chi connectivity index (χ1v) is 11.2. The molecule has 3 rings (SSSR count). The highest BCUT2D eigenvalue weighted by atomic mass is 32.2. The number of carbonyl (C=O) groups is 1. The second-order valence-corrected chi connectivity index (χ2v) is 8.36. The lowest BCUT2D eigenvalue weighted by Gasteiger charge is -2.09. The zero-order chi connectivity index (χ0) is 23.1. The van der Waals surface area contributed by atoms with E-state index in [0.29, 0.717) is 41.4 Å². The van der Waals surface area contributed by atoms with Gasteiger partial charge >= 0.3 is 0 Å². The van der Waals surface area contributed by atoms with E-state index in [1.807, 2.05) is 0 Å². The van der Waals surface area contributed by atoms with Crippen LogP contribution in [0, 0.1) is 0 Å². The maximum atomic E-state index is 12.2. The number of primary sulfonamides is 1. The van der Waals surface area contributed by atoms with Crippen LogP contribution >= 0.6 is 0 Å². The van der Waals surface area contributed by atoms with Gasteiger partial charge in [0.15, 0.2) is 0 Å². The first kappa shape index (κ1) is 23.1. The average Bonchev–Trinajstić information content (AvgIpc) is 3.31. The van der Waals surface area contributed by atoms with Crippen LogP contribution < -0.4 is 19.9 Å². The van der Waals surface area contributed by atoms with Crippen molar-refractivity contribution in [1.82, 2.24) is 5.32 Å². The molecular formula is C23H24N2O6S. The Morgan fingerprint density at radius 1 is 1.12 bits per heavy atom. The second kappa shape index (κ2) is 10.2. The Kier molecular flexibility index (Phi) is 7.34. The van der Waals surface area contributed by atoms with E-state index < -0.39 is 10.0 Å². The van der Waals surface area contributed by atoms with Crippen molar-refractivity contribution in [1.29, 1.82) is 0 Å². The number of benzene rings is 2. The summed E-state index contributed by atoms with van der Waals surface area (Å²) in [5.41, 5.74) is 1.84. The van der Waals surface area contributed by atoms with Gasteiger partial charge in [0.25, 0.3) is 0 Å². The number of hydrogen-bond donors (Lipinski definition) is 2. The molecule has 0 fully saturated rings. The number of methoxy groups -OCH3 is 2. The van der Waals surface area contributed by atoms with Crippen LogP contribution in [0.4, 0.5) is 0 Å². The van der Waals surface area contributed by atoms with Gasteiger partial charge in [-0.15, -0.1) is 0 Å². The van der Waals surface area contributed by atoms with Crippen molar-refractivity contribution in [3.63, 3.8) is 0 Å². The molecule has 1 amide bonds. The summed E-state index contributed by atoms with van der Waals surface area (Å²) in [5.74, 6) is 1.36. The number of ether oxygens (including phenoxy) is 2. The van der Waals surface area contributed by atoms with Crippen LogP contribution in [0.2, 0.25) is 0 Å². The van der Waals surface area contributed by atoms with E-state index in [1.165, 1.54) is 18.4 Å². The maximum absolute atomic E-state index is 12.2. The summed E-state index contributed by atoms with van der Waals surface area (Å²) in [6.45, 7) is 0.313. The molecule has 0 aliphatic rings. The van der Waals surface area contributed by atoms with Gasteiger partial charge in [-0.25, -0.2) is 13.6 Å². The number of sulfonamides is 1. The van der Waals surface area contributed by atoms with Crippen molar-refractivity contribution in [2.24, 2.45) is 5.14 Å². The summed E-state index contributed by atoms with van der Waals surface area (Å²) < 4.78 is 39.8. The number of nitrogens with two attached hydrogens (primary N) is 1. The van der Waals surface area contributed by atoms with Crippen LogP contribution in [0.5, 0.6) is 11.5 Å². The molecule has 3 aromatic rings. The molecule has 2 aromatic carbocycles. The van der Waals surface area contributed by atoms with Crippen molar-refractivity contribution in [3.05, 3.63) is 72.0 Å². The smallest absolute Gasteiger partial charge is 0.244 e. The predicted octanol–water partition coefficient (Wildman–Crippen LogP) is 2.98. The van der Waals surface area contributed by atoms with E-state index >= 15 is 0 Å². The van der Waals surface area contributed by atoms with E-state index in [2.05, 4.69) is 5.32 Å². The molecule has 8 nitrogen and oxygen atoms in total. The molecule has 0 radical (unpaired) electrons. The molecule has 0 unspecified atom stereocenters. The Hall–Kier alpha value is -3.56. The number of nitrogens with one attached hydrogen (secondary N) is 1. The van der Waals surface area contributed by atoms with Crippen molar-refractivity contribution in [3.8, 4) is 22.8 Å². The summed E-state index contributed by atoms with van der Waals surface area (Å²) in [6, 6.07) is 13.5. The van der Waals surface area contributed by atoms with Gasteiger partial charge in [-0.05, 0) is 54.5 Å². The zero-order valence-corrected chi connectivity index (χ0v) is 18.5. The minimum atomic E-state index is -3.95. The van der Waals surface area contributed by atoms with Gasteiger partial charge in [-0.3, -0.25) is 4.79 Å². The molecule has 3 N–H and O–H groups in total. The van der Waals surface area contributed by atoms with Crippen molar-refractivity contribution in [2.45, 2.75) is 11.3 Å². The monoisotopic (exact) mass is 456 g/mol. The van der Waals surface area contributed by atoms with Gasteiger partial charge in [0.05, 0.1) is 25.4 Å². The highest BCUT2D eigenvalue weighted by Crippen LogP contribution is 2.28. The Morgan fingerprint density at radius 2 is 1.94 bits per heavy atom. The third kappa shape index (κ3) is 5.77. The third-order valence-corrected chi connectivity index (χ3v) is 5.66. The highest BCUT2D eigenvalue weighted by Gasteiger charge is 2.17. The molecule has 0 aliphatic carbocycles. The standard InChI is InChI=1S/C23H24N2O6S/c1-29-18-8-6-17(21(15-18)30-2)7-10-23(26)25-12-11-16-5-9-19(20-4-3-13-31-20)22(14-16)32(24,27)28/h3-10,13-15H,11-12H2,1-2H3,(H,25,26)(H2,24,27,28). The Morgan fingerprint density at radius 3 is 2.59 bits per heavy atom. The summed E-state index contributed by atoms with van der Waals surface area (Å²) in [6.07, 6.45) is 4.93. The van der Waals surface area contributed by atoms with Crippen LogP contribution in [0.15, 0.2) is 70.2 Å². The molecule has 0 aliphatic heterocycles. The van der Waals surface area contributed by atoms with E-state index in [4.69, 9.17) is 19.0 Å². The third-order valence-electron chi connectivity index (χ3n) is 4.71. The Labute approximate surface area is 186 Å². The van der Waals surface area contributed by atoms with E-state index in [0.717, 1.165) is 5.56 Å². The summed E-state index contributed by atoms with van der Waals surface area (Å²) in [4.78, 5) is 12.1. The number of amides is 1. The lowest BCUT2D eigenvalue weighted by Crippen LogP contribution is -2.23. The first-order chi connectivity index (χ1) is 15.3. The molecule has 0 bridgehead atoms. The van der Waals surface area contributed by atoms with Gasteiger partial charge in [-0.2, -0.15) is 0 Å². The number of carbonyl (C=O) groups excluding carboxylic acids is 1. The van der Waals surface area contributed by atoms with Crippen LogP contribution in [0.1, 0.15) is 11.1 Å². The second-order valence-electron chi connectivity index (χ2n) is 6.84. The fourth-order valence-corrected chi connectivity index (χ4v) is 3.89. The van der Waals surface area contributed by atoms with Crippen LogP contribution in [-0.2, 0) is 21.2 Å². The molecule has 32 heavy (non-hydrogen) atoms. The SMILES string of the molecule is COc1ccc(C=CC(=O)NCCc2ccc(-c3ccco3)c(S(N)(=O)=O)c2)c(OC)c1. The average molecular weight is 457 g/mol. The largest absolute Gasteiger partial charge is 0.497 e. The fraction of sp³-hybridized carbons (Fsp3) is 0.174. The Balaban J connectivity index is 1.64. The summed E-state index contributed by atoms with van der Waals surface area (Å²) in [5, 5.41) is 8.15. The van der Waals surface area contributed by atoms with E-state index in [9.17, 15) is 13.2 Å². The van der Waals surface area contributed by atoms with E-state index in [1.54, 1.807) is 62.8 Å². The Bertz CT molecular complexity index is 1220. The summed E-state index contributed by atoms with van der Waals surface area (Å²) in [7, 11) is -0.849. The van der Waals surface area contributed by atoms with E-state index in [-0.39, 0.29) is 10.8 Å². The van der Waals surface area contributed by atoms with Crippen molar-refractivity contribution >= 4 is 22.0 Å². The van der Waals surface area contributed by atoms with Gasteiger partial charge in [-0.1, -0.05) is 6.07 Å². The normalized spacial score (nSPS) is 11.5. The lowest BCUT2D eigenvalue weighted by molar-refractivity contribution is -0.116. The molecule has 0 atom stereocenters. The number of furan rings is 1. The minimum Gasteiger partial charge on any atom is -0.497 e. The zero-order valence-electron chi connectivity index (χ0n) is 17.7. The van der Waals surface area contributed by atoms with Crippen molar-refractivity contribution < 1.29 is 27.1 Å². The van der Waals surface area contributed by atoms with Gasteiger partial charge in [0, 0.05) is 29.8 Å². The molecular weight excluding hydrogens is 432 g/mol. The number of rotatable bonds is 9. The number of hydrogen-bond acceptors (Lipinski definition) is 6. The molecule has 0 saturated heterocycles. The first-order valence-electron chi connectivity index (χ1n) is 9.69. The van der Waals surface area contributed by atoms with Gasteiger partial charge in [0.2, 0.25) is 15.9 Å². The van der Waals surface area contributed by atoms with Crippen LogP contribution in [0.25, 0.3) is 17.4 Å². The molecule has 0 spiro atoms. The molecule has 0 saturated carbocycles. The van der Waals surface area contributed by atoms with Gasteiger partial charge in [0.1, 0.15) is 17.3 Å². The lowest BCUT2D eigenvalue weighted by atomic mass is 10.1. The fourth-order valence-electron chi connectivity index (χ4n) is 3.10. The molecule has 9 heteroatoms.